The van der Waals surface area contributed by atoms with Gasteiger partial charge in [0.2, 0.25) is 0 Å². The maximum absolute atomic E-state index is 4.54. The summed E-state index contributed by atoms with van der Waals surface area (Å²) in [5.41, 5.74) is 3.62. The third-order valence-corrected chi connectivity index (χ3v) is 2.43. The summed E-state index contributed by atoms with van der Waals surface area (Å²) in [5.74, 6) is 1.39. The van der Waals surface area contributed by atoms with Gasteiger partial charge in [0, 0.05) is 30.3 Å². The maximum Gasteiger partial charge on any atom is 0.131 e. The van der Waals surface area contributed by atoms with Crippen molar-refractivity contribution in [2.45, 2.75) is 39.8 Å². The van der Waals surface area contributed by atoms with Crippen LogP contribution in [0.3, 0.4) is 0 Å². The standard InChI is InChI=1S/C10H15N3/c1-6(2)10-12-7(3)8-4-11-5-9(8)13-10/h6,11H,4-5H2,1-3H3. The highest BCUT2D eigenvalue weighted by Crippen LogP contribution is 2.19. The van der Waals surface area contributed by atoms with E-state index in [-0.39, 0.29) is 0 Å². The van der Waals surface area contributed by atoms with Gasteiger partial charge in [0.1, 0.15) is 5.82 Å². The van der Waals surface area contributed by atoms with Crippen LogP contribution in [-0.4, -0.2) is 9.97 Å². The molecule has 2 heterocycles. The molecule has 0 aliphatic carbocycles. The van der Waals surface area contributed by atoms with Crippen molar-refractivity contribution in [1.29, 1.82) is 0 Å². The number of fused-ring (bicyclic) bond motifs is 1. The lowest BCUT2D eigenvalue weighted by Gasteiger charge is -2.07. The summed E-state index contributed by atoms with van der Waals surface area (Å²) in [6.45, 7) is 8.16. The molecule has 0 fully saturated rings. The van der Waals surface area contributed by atoms with E-state index in [4.69, 9.17) is 0 Å². The Morgan fingerprint density at radius 2 is 2.00 bits per heavy atom. The second-order valence-corrected chi connectivity index (χ2v) is 3.85. The van der Waals surface area contributed by atoms with Gasteiger partial charge in [-0.15, -0.1) is 0 Å². The Labute approximate surface area is 78.6 Å². The summed E-state index contributed by atoms with van der Waals surface area (Å²) in [4.78, 5) is 9.03. The van der Waals surface area contributed by atoms with Crippen LogP contribution in [-0.2, 0) is 13.1 Å². The van der Waals surface area contributed by atoms with Crippen LogP contribution in [0.1, 0.15) is 42.5 Å². The van der Waals surface area contributed by atoms with Crippen molar-refractivity contribution in [1.82, 2.24) is 15.3 Å². The highest BCUT2D eigenvalue weighted by molar-refractivity contribution is 5.28. The first-order chi connectivity index (χ1) is 6.18. The fraction of sp³-hybridized carbons (Fsp3) is 0.600. The lowest BCUT2D eigenvalue weighted by Crippen LogP contribution is -2.04. The van der Waals surface area contributed by atoms with Gasteiger partial charge in [0.15, 0.2) is 0 Å². The van der Waals surface area contributed by atoms with Gasteiger partial charge >= 0.3 is 0 Å². The summed E-state index contributed by atoms with van der Waals surface area (Å²) < 4.78 is 0. The molecular formula is C10H15N3. The first-order valence-corrected chi connectivity index (χ1v) is 4.75. The minimum Gasteiger partial charge on any atom is -0.307 e. The van der Waals surface area contributed by atoms with Crippen molar-refractivity contribution in [3.8, 4) is 0 Å². The van der Waals surface area contributed by atoms with Gasteiger partial charge in [-0.3, -0.25) is 0 Å². The molecular weight excluding hydrogens is 162 g/mol. The fourth-order valence-electron chi connectivity index (χ4n) is 1.62. The van der Waals surface area contributed by atoms with Crippen molar-refractivity contribution in [3.63, 3.8) is 0 Å². The molecule has 0 spiro atoms. The van der Waals surface area contributed by atoms with Crippen LogP contribution in [0.15, 0.2) is 0 Å². The van der Waals surface area contributed by atoms with E-state index in [1.54, 1.807) is 0 Å². The van der Waals surface area contributed by atoms with Crippen LogP contribution in [0, 0.1) is 6.92 Å². The SMILES string of the molecule is Cc1nc(C(C)C)nc2c1CNC2. The lowest BCUT2D eigenvalue weighted by molar-refractivity contribution is 0.739. The zero-order valence-corrected chi connectivity index (χ0v) is 8.39. The predicted octanol–water partition coefficient (Wildman–Crippen LogP) is 1.51. The fourth-order valence-corrected chi connectivity index (χ4v) is 1.62. The van der Waals surface area contributed by atoms with Gasteiger partial charge < -0.3 is 5.32 Å². The van der Waals surface area contributed by atoms with E-state index >= 15 is 0 Å². The largest absolute Gasteiger partial charge is 0.307 e. The first kappa shape index (κ1) is 8.63. The molecule has 1 N–H and O–H groups in total. The smallest absolute Gasteiger partial charge is 0.131 e. The highest BCUT2D eigenvalue weighted by Gasteiger charge is 2.17. The topological polar surface area (TPSA) is 37.8 Å². The molecule has 1 aliphatic heterocycles. The Bertz CT molecular complexity index is 331. The molecule has 2 rings (SSSR count). The van der Waals surface area contributed by atoms with Crippen molar-refractivity contribution in [3.05, 3.63) is 22.8 Å². The monoisotopic (exact) mass is 177 g/mol. The van der Waals surface area contributed by atoms with Crippen LogP contribution in [0.2, 0.25) is 0 Å². The quantitative estimate of drug-likeness (QED) is 0.706. The zero-order chi connectivity index (χ0) is 9.42. The minimum absolute atomic E-state index is 0.421. The number of hydrogen-bond acceptors (Lipinski definition) is 3. The summed E-state index contributed by atoms with van der Waals surface area (Å²) in [7, 11) is 0. The molecule has 1 aliphatic rings. The Morgan fingerprint density at radius 1 is 1.23 bits per heavy atom. The van der Waals surface area contributed by atoms with Crippen molar-refractivity contribution in [2.24, 2.45) is 0 Å². The molecule has 70 valence electrons. The molecule has 3 nitrogen and oxygen atoms in total. The molecule has 0 bridgehead atoms. The Hall–Kier alpha value is -0.960. The molecule has 0 amide bonds. The average molecular weight is 177 g/mol. The molecule has 3 heteroatoms. The molecule has 0 saturated heterocycles. The van der Waals surface area contributed by atoms with Crippen LogP contribution >= 0.6 is 0 Å². The van der Waals surface area contributed by atoms with Gasteiger partial charge in [-0.05, 0) is 6.92 Å². The number of aromatic nitrogens is 2. The zero-order valence-electron chi connectivity index (χ0n) is 8.39. The minimum atomic E-state index is 0.421. The second kappa shape index (κ2) is 3.07. The molecule has 1 aromatic rings. The van der Waals surface area contributed by atoms with E-state index in [0.29, 0.717) is 5.92 Å². The van der Waals surface area contributed by atoms with Gasteiger partial charge in [-0.25, -0.2) is 9.97 Å². The number of nitrogens with zero attached hydrogens (tertiary/aromatic N) is 2. The van der Waals surface area contributed by atoms with Gasteiger partial charge in [0.25, 0.3) is 0 Å². The Morgan fingerprint density at radius 3 is 2.69 bits per heavy atom. The molecule has 13 heavy (non-hydrogen) atoms. The summed E-state index contributed by atoms with van der Waals surface area (Å²) in [6, 6.07) is 0. The van der Waals surface area contributed by atoms with E-state index in [0.717, 1.165) is 24.6 Å². The van der Waals surface area contributed by atoms with Crippen LogP contribution in [0.5, 0.6) is 0 Å². The predicted molar refractivity (Wildman–Crippen MR) is 51.4 cm³/mol. The highest BCUT2D eigenvalue weighted by atomic mass is 15.0. The Balaban J connectivity index is 2.49. The molecule has 0 aromatic carbocycles. The Kier molecular flexibility index (Phi) is 2.04. The summed E-state index contributed by atoms with van der Waals surface area (Å²) >= 11 is 0. The van der Waals surface area contributed by atoms with Crippen LogP contribution in [0.25, 0.3) is 0 Å². The molecule has 0 radical (unpaired) electrons. The second-order valence-electron chi connectivity index (χ2n) is 3.85. The van der Waals surface area contributed by atoms with E-state index in [1.807, 2.05) is 0 Å². The lowest BCUT2D eigenvalue weighted by atomic mass is 10.1. The average Bonchev–Trinajstić information content (AvgIpc) is 2.51. The van der Waals surface area contributed by atoms with Gasteiger partial charge in [0.05, 0.1) is 5.69 Å². The van der Waals surface area contributed by atoms with E-state index in [1.165, 1.54) is 11.3 Å². The van der Waals surface area contributed by atoms with Crippen molar-refractivity contribution < 1.29 is 0 Å². The van der Waals surface area contributed by atoms with Crippen LogP contribution < -0.4 is 5.32 Å². The molecule has 1 aromatic heterocycles. The van der Waals surface area contributed by atoms with E-state index in [2.05, 4.69) is 36.1 Å². The molecule has 0 unspecified atom stereocenters. The third-order valence-electron chi connectivity index (χ3n) is 2.43. The number of nitrogens with one attached hydrogen (secondary N) is 1. The molecule has 0 saturated carbocycles. The molecule has 0 atom stereocenters. The van der Waals surface area contributed by atoms with Crippen molar-refractivity contribution in [2.75, 3.05) is 0 Å². The number of aryl methyl sites for hydroxylation is 1. The maximum atomic E-state index is 4.54. The summed E-state index contributed by atoms with van der Waals surface area (Å²) in [5, 5.41) is 3.29. The van der Waals surface area contributed by atoms with Crippen molar-refractivity contribution >= 4 is 0 Å². The number of hydrogen-bond donors (Lipinski definition) is 1. The summed E-state index contributed by atoms with van der Waals surface area (Å²) in [6.07, 6.45) is 0. The number of rotatable bonds is 1. The third kappa shape index (κ3) is 1.44. The van der Waals surface area contributed by atoms with E-state index in [9.17, 15) is 0 Å². The van der Waals surface area contributed by atoms with Gasteiger partial charge in [-0.1, -0.05) is 13.8 Å². The van der Waals surface area contributed by atoms with Gasteiger partial charge in [-0.2, -0.15) is 0 Å². The van der Waals surface area contributed by atoms with E-state index < -0.39 is 0 Å². The normalized spacial score (nSPS) is 15.1. The first-order valence-electron chi connectivity index (χ1n) is 4.75. The van der Waals surface area contributed by atoms with Crippen LogP contribution in [0.4, 0.5) is 0 Å².